The van der Waals surface area contributed by atoms with Crippen LogP contribution < -0.4 is 10.6 Å². The average molecular weight is 254 g/mol. The predicted molar refractivity (Wildman–Crippen MR) is 71.6 cm³/mol. The summed E-state index contributed by atoms with van der Waals surface area (Å²) >= 11 is 0. The number of amides is 2. The summed E-state index contributed by atoms with van der Waals surface area (Å²) in [5, 5.41) is 6.08. The number of rotatable bonds is 5. The first-order chi connectivity index (χ1) is 8.74. The summed E-state index contributed by atoms with van der Waals surface area (Å²) in [7, 11) is 0. The second kappa shape index (κ2) is 6.98. The minimum absolute atomic E-state index is 0.00161. The van der Waals surface area contributed by atoms with E-state index in [0.29, 0.717) is 12.1 Å². The Morgan fingerprint density at radius 3 is 2.72 bits per heavy atom. The summed E-state index contributed by atoms with van der Waals surface area (Å²) in [4.78, 5) is 11.8. The molecule has 104 valence electrons. The van der Waals surface area contributed by atoms with Crippen LogP contribution in [0.5, 0.6) is 0 Å². The molecule has 0 aromatic rings. The first-order valence-corrected chi connectivity index (χ1v) is 7.42. The molecule has 2 N–H and O–H groups in total. The van der Waals surface area contributed by atoms with Crippen LogP contribution in [-0.2, 0) is 4.74 Å². The fraction of sp³-hybridized carbons (Fsp3) is 0.929. The van der Waals surface area contributed by atoms with Crippen molar-refractivity contribution in [3.63, 3.8) is 0 Å². The van der Waals surface area contributed by atoms with E-state index in [4.69, 9.17) is 4.74 Å². The van der Waals surface area contributed by atoms with Crippen LogP contribution >= 0.6 is 0 Å². The van der Waals surface area contributed by atoms with Crippen molar-refractivity contribution in [3.8, 4) is 0 Å². The van der Waals surface area contributed by atoms with Crippen molar-refractivity contribution in [2.45, 2.75) is 76.5 Å². The molecule has 2 unspecified atom stereocenters. The van der Waals surface area contributed by atoms with Gasteiger partial charge in [-0.2, -0.15) is 0 Å². The topological polar surface area (TPSA) is 50.4 Å². The Morgan fingerprint density at radius 2 is 2.06 bits per heavy atom. The SMILES string of the molecule is CC(CCC1CCCO1)NC(=O)NC1CCCC1. The monoisotopic (exact) mass is 254 g/mol. The highest BCUT2D eigenvalue weighted by atomic mass is 16.5. The number of hydrogen-bond acceptors (Lipinski definition) is 2. The Bertz CT molecular complexity index is 259. The van der Waals surface area contributed by atoms with Gasteiger partial charge in [-0.3, -0.25) is 0 Å². The van der Waals surface area contributed by atoms with Crippen LogP contribution in [0.25, 0.3) is 0 Å². The molecule has 2 rings (SSSR count). The van der Waals surface area contributed by atoms with Gasteiger partial charge in [0.25, 0.3) is 0 Å². The zero-order valence-corrected chi connectivity index (χ0v) is 11.4. The van der Waals surface area contributed by atoms with Gasteiger partial charge in [-0.15, -0.1) is 0 Å². The molecule has 1 heterocycles. The van der Waals surface area contributed by atoms with Crippen LogP contribution in [0.2, 0.25) is 0 Å². The second-order valence-electron chi connectivity index (χ2n) is 5.71. The highest BCUT2D eigenvalue weighted by Crippen LogP contribution is 2.18. The van der Waals surface area contributed by atoms with Crippen molar-refractivity contribution >= 4 is 6.03 Å². The zero-order valence-electron chi connectivity index (χ0n) is 11.4. The summed E-state index contributed by atoms with van der Waals surface area (Å²) in [6.07, 6.45) is 9.63. The van der Waals surface area contributed by atoms with Crippen LogP contribution in [0.3, 0.4) is 0 Å². The Morgan fingerprint density at radius 1 is 1.28 bits per heavy atom. The van der Waals surface area contributed by atoms with E-state index in [2.05, 4.69) is 17.6 Å². The third kappa shape index (κ3) is 4.48. The molecule has 2 atom stereocenters. The van der Waals surface area contributed by atoms with Crippen molar-refractivity contribution in [2.75, 3.05) is 6.61 Å². The predicted octanol–water partition coefficient (Wildman–Crippen LogP) is 2.58. The Hall–Kier alpha value is -0.770. The van der Waals surface area contributed by atoms with Gasteiger partial charge >= 0.3 is 6.03 Å². The molecular weight excluding hydrogens is 228 g/mol. The lowest BCUT2D eigenvalue weighted by Crippen LogP contribution is -2.44. The molecule has 0 spiro atoms. The average Bonchev–Trinajstić information content (AvgIpc) is 2.98. The van der Waals surface area contributed by atoms with Crippen molar-refractivity contribution in [2.24, 2.45) is 0 Å². The highest BCUT2D eigenvalue weighted by molar-refractivity contribution is 5.74. The molecule has 0 aromatic carbocycles. The Balaban J connectivity index is 1.57. The van der Waals surface area contributed by atoms with Crippen LogP contribution in [0.4, 0.5) is 4.79 Å². The van der Waals surface area contributed by atoms with Gasteiger partial charge in [-0.25, -0.2) is 4.79 Å². The number of nitrogens with one attached hydrogen (secondary N) is 2. The molecule has 18 heavy (non-hydrogen) atoms. The first kappa shape index (κ1) is 13.7. The van der Waals surface area contributed by atoms with Gasteiger partial charge in [-0.05, 0) is 45.4 Å². The molecule has 4 heteroatoms. The third-order valence-electron chi connectivity index (χ3n) is 4.01. The van der Waals surface area contributed by atoms with Gasteiger partial charge < -0.3 is 15.4 Å². The van der Waals surface area contributed by atoms with Crippen molar-refractivity contribution in [1.82, 2.24) is 10.6 Å². The van der Waals surface area contributed by atoms with Gasteiger partial charge in [0, 0.05) is 18.7 Å². The van der Waals surface area contributed by atoms with E-state index < -0.39 is 0 Å². The largest absolute Gasteiger partial charge is 0.378 e. The normalized spacial score (nSPS) is 26.2. The fourth-order valence-electron chi connectivity index (χ4n) is 2.90. The van der Waals surface area contributed by atoms with E-state index >= 15 is 0 Å². The van der Waals surface area contributed by atoms with E-state index in [0.717, 1.165) is 32.3 Å². The summed E-state index contributed by atoms with van der Waals surface area (Å²) in [6, 6.07) is 0.632. The maximum atomic E-state index is 11.8. The van der Waals surface area contributed by atoms with Crippen LogP contribution in [0.1, 0.15) is 58.3 Å². The summed E-state index contributed by atoms with van der Waals surface area (Å²) in [6.45, 7) is 2.98. The fourth-order valence-corrected chi connectivity index (χ4v) is 2.90. The molecule has 2 fully saturated rings. The molecule has 1 aliphatic carbocycles. The summed E-state index contributed by atoms with van der Waals surface area (Å²) in [5.74, 6) is 0. The number of carbonyl (C=O) groups excluding carboxylic acids is 1. The number of urea groups is 1. The van der Waals surface area contributed by atoms with Crippen LogP contribution in [0, 0.1) is 0 Å². The lowest BCUT2D eigenvalue weighted by molar-refractivity contribution is 0.100. The number of ether oxygens (including phenoxy) is 1. The molecule has 0 bridgehead atoms. The summed E-state index contributed by atoms with van der Waals surface area (Å²) in [5.41, 5.74) is 0. The van der Waals surface area contributed by atoms with E-state index in [1.807, 2.05) is 0 Å². The molecular formula is C14H26N2O2. The highest BCUT2D eigenvalue weighted by Gasteiger charge is 2.19. The lowest BCUT2D eigenvalue weighted by Gasteiger charge is -2.18. The van der Waals surface area contributed by atoms with Crippen molar-refractivity contribution in [1.29, 1.82) is 0 Å². The molecule has 1 aliphatic heterocycles. The number of hydrogen-bond donors (Lipinski definition) is 2. The standard InChI is InChI=1S/C14H26N2O2/c1-11(8-9-13-7-4-10-18-13)15-14(17)16-12-5-2-3-6-12/h11-13H,2-10H2,1H3,(H2,15,16,17). The quantitative estimate of drug-likeness (QED) is 0.792. The molecule has 2 aliphatic rings. The smallest absolute Gasteiger partial charge is 0.315 e. The van der Waals surface area contributed by atoms with Gasteiger partial charge in [-0.1, -0.05) is 12.8 Å². The van der Waals surface area contributed by atoms with Crippen molar-refractivity contribution in [3.05, 3.63) is 0 Å². The Kier molecular flexibility index (Phi) is 5.29. The van der Waals surface area contributed by atoms with Gasteiger partial charge in [0.15, 0.2) is 0 Å². The number of carbonyl (C=O) groups is 1. The van der Waals surface area contributed by atoms with Gasteiger partial charge in [0.1, 0.15) is 0 Å². The molecule has 0 radical (unpaired) electrons. The Labute approximate surface area is 110 Å². The molecule has 0 aromatic heterocycles. The first-order valence-electron chi connectivity index (χ1n) is 7.42. The van der Waals surface area contributed by atoms with E-state index in [1.165, 1.54) is 25.7 Å². The maximum Gasteiger partial charge on any atom is 0.315 e. The van der Waals surface area contributed by atoms with E-state index in [-0.39, 0.29) is 12.1 Å². The molecule has 2 amide bonds. The van der Waals surface area contributed by atoms with Crippen LogP contribution in [0.15, 0.2) is 0 Å². The molecule has 1 saturated heterocycles. The van der Waals surface area contributed by atoms with Gasteiger partial charge in [0.2, 0.25) is 0 Å². The third-order valence-corrected chi connectivity index (χ3v) is 4.01. The van der Waals surface area contributed by atoms with E-state index in [9.17, 15) is 4.79 Å². The van der Waals surface area contributed by atoms with E-state index in [1.54, 1.807) is 0 Å². The van der Waals surface area contributed by atoms with Gasteiger partial charge in [0.05, 0.1) is 6.10 Å². The minimum Gasteiger partial charge on any atom is -0.378 e. The van der Waals surface area contributed by atoms with Crippen molar-refractivity contribution < 1.29 is 9.53 Å². The molecule has 4 nitrogen and oxygen atoms in total. The lowest BCUT2D eigenvalue weighted by atomic mass is 10.1. The molecule has 1 saturated carbocycles. The summed E-state index contributed by atoms with van der Waals surface area (Å²) < 4.78 is 5.59. The minimum atomic E-state index is 0.00161. The van der Waals surface area contributed by atoms with Crippen LogP contribution in [-0.4, -0.2) is 30.8 Å². The second-order valence-corrected chi connectivity index (χ2v) is 5.71. The zero-order chi connectivity index (χ0) is 12.8. The maximum absolute atomic E-state index is 11.8.